The first-order valence-corrected chi connectivity index (χ1v) is 10.6. The summed E-state index contributed by atoms with van der Waals surface area (Å²) < 4.78 is 0. The summed E-state index contributed by atoms with van der Waals surface area (Å²) in [5, 5.41) is 3.65. The summed E-state index contributed by atoms with van der Waals surface area (Å²) in [5.74, 6) is -0.137. The lowest BCUT2D eigenvalue weighted by Crippen LogP contribution is -2.49. The molecule has 0 unspecified atom stereocenters. The molecule has 3 heterocycles. The normalized spacial score (nSPS) is 21.0. The highest BCUT2D eigenvalue weighted by atomic mass is 32.2. The lowest BCUT2D eigenvalue weighted by Gasteiger charge is -2.29. The first-order valence-electron chi connectivity index (χ1n) is 9.00. The van der Waals surface area contributed by atoms with Gasteiger partial charge in [-0.2, -0.15) is 0 Å². The van der Waals surface area contributed by atoms with E-state index in [4.69, 9.17) is 0 Å². The van der Waals surface area contributed by atoms with Crippen LogP contribution in [0.15, 0.2) is 29.2 Å². The van der Waals surface area contributed by atoms with Gasteiger partial charge in [-0.3, -0.25) is 19.8 Å². The Kier molecular flexibility index (Phi) is 4.52. The van der Waals surface area contributed by atoms with Gasteiger partial charge in [0.1, 0.15) is 0 Å². The van der Waals surface area contributed by atoms with Gasteiger partial charge >= 0.3 is 0 Å². The van der Waals surface area contributed by atoms with E-state index in [0.29, 0.717) is 18.0 Å². The van der Waals surface area contributed by atoms with E-state index >= 15 is 0 Å². The maximum absolute atomic E-state index is 13.2. The molecular weight excluding hydrogens is 366 g/mol. The van der Waals surface area contributed by atoms with E-state index in [1.807, 2.05) is 24.3 Å². The van der Waals surface area contributed by atoms with Gasteiger partial charge < -0.3 is 0 Å². The number of hydrogen-bond acceptors (Lipinski definition) is 5. The van der Waals surface area contributed by atoms with Gasteiger partial charge in [0.25, 0.3) is 5.91 Å². The van der Waals surface area contributed by atoms with Crippen LogP contribution in [0.2, 0.25) is 0 Å². The number of fused-ring (bicyclic) bond motifs is 3. The second-order valence-corrected chi connectivity index (χ2v) is 8.93. The molecule has 1 saturated heterocycles. The van der Waals surface area contributed by atoms with Crippen LogP contribution in [0.4, 0.5) is 10.8 Å². The molecule has 1 atom stereocenters. The number of hydrogen-bond donors (Lipinski definition) is 1. The molecule has 0 bridgehead atoms. The van der Waals surface area contributed by atoms with Gasteiger partial charge in [-0.1, -0.05) is 44.2 Å². The minimum atomic E-state index is -0.885. The number of thioether (sulfide) groups is 1. The van der Waals surface area contributed by atoms with Crippen LogP contribution in [0.3, 0.4) is 0 Å². The second kappa shape index (κ2) is 6.70. The van der Waals surface area contributed by atoms with Crippen LogP contribution in [0.25, 0.3) is 0 Å². The number of para-hydroxylation sites is 1. The molecule has 0 saturated carbocycles. The molecule has 136 valence electrons. The molecule has 1 aromatic heterocycles. The Bertz CT molecular complexity index is 879. The smallest absolute Gasteiger partial charge is 0.263 e. The van der Waals surface area contributed by atoms with Gasteiger partial charge in [-0.25, -0.2) is 4.98 Å². The Balaban J connectivity index is 1.63. The molecule has 26 heavy (non-hydrogen) atoms. The highest BCUT2D eigenvalue weighted by molar-refractivity contribution is 8.02. The summed E-state index contributed by atoms with van der Waals surface area (Å²) in [6.45, 7) is 4.24. The van der Waals surface area contributed by atoms with E-state index in [1.165, 1.54) is 16.6 Å². The Morgan fingerprint density at radius 3 is 2.92 bits per heavy atom. The molecular formula is C19H21N3O2S2. The number of carbonyl (C=O) groups excluding carboxylic acids is 2. The van der Waals surface area contributed by atoms with E-state index in [-0.39, 0.29) is 11.8 Å². The molecule has 1 aromatic carbocycles. The number of aryl methyl sites for hydroxylation is 2. The molecule has 2 aliphatic rings. The number of carbonyl (C=O) groups is 2. The molecule has 2 aromatic rings. The number of anilines is 2. The van der Waals surface area contributed by atoms with E-state index in [0.717, 1.165) is 35.5 Å². The molecule has 4 rings (SSSR count). The number of benzene rings is 1. The topological polar surface area (TPSA) is 62.3 Å². The summed E-state index contributed by atoms with van der Waals surface area (Å²) in [6.07, 6.45) is 3.78. The van der Waals surface area contributed by atoms with Crippen molar-refractivity contribution in [3.63, 3.8) is 0 Å². The van der Waals surface area contributed by atoms with Crippen molar-refractivity contribution in [2.24, 2.45) is 0 Å². The summed E-state index contributed by atoms with van der Waals surface area (Å²) in [7, 11) is 0. The Morgan fingerprint density at radius 1 is 1.35 bits per heavy atom. The number of nitrogens with one attached hydrogen (secondary N) is 1. The molecule has 0 spiro atoms. The van der Waals surface area contributed by atoms with Crippen LogP contribution in [-0.4, -0.2) is 21.7 Å². The first-order chi connectivity index (χ1) is 12.6. The minimum Gasteiger partial charge on any atom is -0.299 e. The van der Waals surface area contributed by atoms with Gasteiger partial charge in [-0.15, -0.1) is 11.3 Å². The molecule has 5 nitrogen and oxygen atoms in total. The van der Waals surface area contributed by atoms with Crippen LogP contribution >= 0.6 is 23.1 Å². The third-order valence-corrected chi connectivity index (χ3v) is 7.47. The third-order valence-electron chi connectivity index (χ3n) is 4.83. The van der Waals surface area contributed by atoms with Gasteiger partial charge in [0.15, 0.2) is 10.0 Å². The molecule has 1 N–H and O–H groups in total. The van der Waals surface area contributed by atoms with Crippen LogP contribution in [0.5, 0.6) is 0 Å². The van der Waals surface area contributed by atoms with E-state index < -0.39 is 4.87 Å². The van der Waals surface area contributed by atoms with Crippen molar-refractivity contribution in [2.45, 2.75) is 55.7 Å². The fourth-order valence-corrected chi connectivity index (χ4v) is 5.99. The van der Waals surface area contributed by atoms with Gasteiger partial charge in [-0.05, 0) is 31.4 Å². The Morgan fingerprint density at radius 2 is 2.15 bits per heavy atom. The summed E-state index contributed by atoms with van der Waals surface area (Å²) in [5.41, 5.74) is 1.92. The van der Waals surface area contributed by atoms with Crippen molar-refractivity contribution in [3.8, 4) is 0 Å². The van der Waals surface area contributed by atoms with Gasteiger partial charge in [0.05, 0.1) is 11.4 Å². The van der Waals surface area contributed by atoms with Gasteiger partial charge in [0.2, 0.25) is 5.91 Å². The van der Waals surface area contributed by atoms with Crippen LogP contribution < -0.4 is 10.2 Å². The van der Waals surface area contributed by atoms with Crippen molar-refractivity contribution in [3.05, 3.63) is 34.8 Å². The highest BCUT2D eigenvalue weighted by Gasteiger charge is 2.57. The third kappa shape index (κ3) is 2.65. The van der Waals surface area contributed by atoms with Crippen molar-refractivity contribution in [1.82, 2.24) is 4.98 Å². The zero-order valence-corrected chi connectivity index (χ0v) is 16.5. The maximum Gasteiger partial charge on any atom is 0.263 e. The number of thiazole rings is 1. The fraction of sp³-hybridized carbons (Fsp3) is 0.421. The van der Waals surface area contributed by atoms with E-state index in [9.17, 15) is 9.59 Å². The number of rotatable bonds is 5. The van der Waals surface area contributed by atoms with Gasteiger partial charge in [0, 0.05) is 16.2 Å². The Hall–Kier alpha value is -1.86. The van der Waals surface area contributed by atoms with Crippen LogP contribution in [0.1, 0.15) is 43.7 Å². The number of nitrogens with zero attached hydrogens (tertiary/aromatic N) is 2. The van der Waals surface area contributed by atoms with E-state index in [2.05, 4.69) is 24.1 Å². The quantitative estimate of drug-likeness (QED) is 0.834. The second-order valence-electron chi connectivity index (χ2n) is 6.53. The zero-order chi connectivity index (χ0) is 18.3. The molecule has 7 heteroatoms. The molecule has 2 amide bonds. The summed E-state index contributed by atoms with van der Waals surface area (Å²) in [4.78, 5) is 33.4. The largest absolute Gasteiger partial charge is 0.299 e. The van der Waals surface area contributed by atoms with Crippen molar-refractivity contribution in [1.29, 1.82) is 0 Å². The maximum atomic E-state index is 13.2. The van der Waals surface area contributed by atoms with Crippen molar-refractivity contribution in [2.75, 3.05) is 10.2 Å². The molecule has 0 radical (unpaired) electrons. The fourth-order valence-electron chi connectivity index (χ4n) is 3.64. The SMILES string of the molecule is CCCc1nc(NC(=O)[C@]23CCC(=O)N2c2ccccc2S3)sc1CC. The minimum absolute atomic E-state index is 0.0117. The molecule has 1 fully saturated rings. The first kappa shape index (κ1) is 17.5. The lowest BCUT2D eigenvalue weighted by atomic mass is 10.2. The highest BCUT2D eigenvalue weighted by Crippen LogP contribution is 2.56. The number of amides is 2. The summed E-state index contributed by atoms with van der Waals surface area (Å²) >= 11 is 3.03. The standard InChI is InChI=1S/C19H21N3O2S2/c1-3-7-12-14(4-2)25-18(20-12)21-17(24)19-11-10-16(23)22(19)13-8-5-6-9-15(13)26-19/h5-6,8-9H,3-4,7,10-11H2,1-2H3,(H,20,21,24)/t19-/m1/s1. The molecule has 0 aliphatic carbocycles. The van der Waals surface area contributed by atoms with Crippen LogP contribution in [0, 0.1) is 0 Å². The average molecular weight is 388 g/mol. The summed E-state index contributed by atoms with van der Waals surface area (Å²) in [6, 6.07) is 7.73. The monoisotopic (exact) mass is 387 g/mol. The Labute approximate surface area is 161 Å². The predicted octanol–water partition coefficient (Wildman–Crippen LogP) is 4.23. The lowest BCUT2D eigenvalue weighted by molar-refractivity contribution is -0.121. The zero-order valence-electron chi connectivity index (χ0n) is 14.9. The predicted molar refractivity (Wildman–Crippen MR) is 106 cm³/mol. The van der Waals surface area contributed by atoms with Crippen LogP contribution in [-0.2, 0) is 22.4 Å². The van der Waals surface area contributed by atoms with E-state index in [1.54, 1.807) is 16.2 Å². The van der Waals surface area contributed by atoms with Crippen molar-refractivity contribution < 1.29 is 9.59 Å². The van der Waals surface area contributed by atoms with Crippen molar-refractivity contribution >= 4 is 45.7 Å². The molecule has 2 aliphatic heterocycles. The average Bonchev–Trinajstić information content (AvgIpc) is 3.28. The number of aromatic nitrogens is 1.